The van der Waals surface area contributed by atoms with Crippen LogP contribution in [0.3, 0.4) is 0 Å². The van der Waals surface area contributed by atoms with Gasteiger partial charge in [0.05, 0.1) is 6.42 Å². The van der Waals surface area contributed by atoms with Crippen molar-refractivity contribution in [3.63, 3.8) is 0 Å². The first-order valence-corrected chi connectivity index (χ1v) is 9.37. The molecular formula is C21H24N2O4. The molecule has 2 aliphatic carbocycles. The summed E-state index contributed by atoms with van der Waals surface area (Å²) >= 11 is 0. The van der Waals surface area contributed by atoms with Gasteiger partial charge in [-0.05, 0) is 74.3 Å². The van der Waals surface area contributed by atoms with Crippen LogP contribution >= 0.6 is 0 Å². The second kappa shape index (κ2) is 8.29. The average Bonchev–Trinajstić information content (AvgIpc) is 2.63. The van der Waals surface area contributed by atoms with Crippen LogP contribution in [0.15, 0.2) is 30.4 Å². The number of carboxylic acids is 1. The van der Waals surface area contributed by atoms with Gasteiger partial charge >= 0.3 is 5.97 Å². The summed E-state index contributed by atoms with van der Waals surface area (Å²) < 4.78 is 0. The van der Waals surface area contributed by atoms with Gasteiger partial charge in [0, 0.05) is 22.9 Å². The maximum Gasteiger partial charge on any atom is 0.304 e. The zero-order valence-electron chi connectivity index (χ0n) is 15.2. The van der Waals surface area contributed by atoms with Crippen molar-refractivity contribution in [3.05, 3.63) is 41.5 Å². The number of allylic oxidation sites excluding steroid dienone is 1. The average molecular weight is 368 g/mol. The second-order valence-corrected chi connectivity index (χ2v) is 7.36. The van der Waals surface area contributed by atoms with E-state index in [9.17, 15) is 14.4 Å². The minimum absolute atomic E-state index is 0.126. The fraction of sp³-hybridized carbons (Fsp3) is 0.429. The number of hydrogen-bond donors (Lipinski definition) is 3. The third kappa shape index (κ3) is 4.90. The topological polar surface area (TPSA) is 107 Å². The Morgan fingerprint density at radius 3 is 2.63 bits per heavy atom. The number of carbonyl (C=O) groups excluding carboxylic acids is 2. The molecule has 1 amide bonds. The Morgan fingerprint density at radius 2 is 1.93 bits per heavy atom. The van der Waals surface area contributed by atoms with Crippen LogP contribution in [0.5, 0.6) is 0 Å². The molecule has 1 fully saturated rings. The third-order valence-electron chi connectivity index (χ3n) is 5.35. The Morgan fingerprint density at radius 1 is 1.19 bits per heavy atom. The van der Waals surface area contributed by atoms with Crippen LogP contribution in [0, 0.1) is 17.2 Å². The Balaban J connectivity index is 1.60. The number of aryl methyl sites for hydroxylation is 1. The number of rotatable bonds is 5. The lowest BCUT2D eigenvalue weighted by molar-refractivity contribution is -0.137. The SMILES string of the molecule is N=C1CCC(/C=C/C(=O)Nc2ccc3c(c2)CCC(CC(=O)O)C3=O)CC1. The summed E-state index contributed by atoms with van der Waals surface area (Å²) in [6.07, 6.45) is 7.92. The van der Waals surface area contributed by atoms with Crippen molar-refractivity contribution >= 4 is 29.1 Å². The monoisotopic (exact) mass is 368 g/mol. The van der Waals surface area contributed by atoms with E-state index in [0.29, 0.717) is 30.0 Å². The predicted molar refractivity (Wildman–Crippen MR) is 102 cm³/mol. The van der Waals surface area contributed by atoms with Crippen molar-refractivity contribution in [2.45, 2.75) is 44.9 Å². The molecule has 0 saturated heterocycles. The van der Waals surface area contributed by atoms with Gasteiger partial charge in [0.15, 0.2) is 5.78 Å². The van der Waals surface area contributed by atoms with Gasteiger partial charge in [-0.25, -0.2) is 0 Å². The molecule has 3 N–H and O–H groups in total. The second-order valence-electron chi connectivity index (χ2n) is 7.36. The Kier molecular flexibility index (Phi) is 5.84. The van der Waals surface area contributed by atoms with Crippen molar-refractivity contribution in [2.75, 3.05) is 5.32 Å². The summed E-state index contributed by atoms with van der Waals surface area (Å²) in [4.78, 5) is 35.4. The number of fused-ring (bicyclic) bond motifs is 1. The third-order valence-corrected chi connectivity index (χ3v) is 5.35. The summed E-state index contributed by atoms with van der Waals surface area (Å²) in [5.74, 6) is -1.41. The van der Waals surface area contributed by atoms with E-state index < -0.39 is 11.9 Å². The minimum Gasteiger partial charge on any atom is -0.481 e. The van der Waals surface area contributed by atoms with Gasteiger partial charge in [0.1, 0.15) is 0 Å². The maximum atomic E-state index is 12.4. The molecule has 0 radical (unpaired) electrons. The number of benzene rings is 1. The number of hydrogen-bond acceptors (Lipinski definition) is 4. The first kappa shape index (κ1) is 19.0. The van der Waals surface area contributed by atoms with E-state index in [-0.39, 0.29) is 18.1 Å². The van der Waals surface area contributed by atoms with Crippen LogP contribution in [0.25, 0.3) is 0 Å². The van der Waals surface area contributed by atoms with E-state index in [1.165, 1.54) is 0 Å². The van der Waals surface area contributed by atoms with Gasteiger partial charge < -0.3 is 15.8 Å². The number of Topliss-reactive ketones (excluding diaryl/α,β-unsaturated/α-hetero) is 1. The smallest absolute Gasteiger partial charge is 0.304 e. The van der Waals surface area contributed by atoms with E-state index >= 15 is 0 Å². The molecule has 1 atom stereocenters. The highest BCUT2D eigenvalue weighted by Gasteiger charge is 2.29. The van der Waals surface area contributed by atoms with Crippen LogP contribution in [-0.4, -0.2) is 28.5 Å². The van der Waals surface area contributed by atoms with Crippen LogP contribution < -0.4 is 5.32 Å². The zero-order chi connectivity index (χ0) is 19.4. The van der Waals surface area contributed by atoms with E-state index in [1.807, 2.05) is 6.08 Å². The highest BCUT2D eigenvalue weighted by Crippen LogP contribution is 2.29. The molecule has 0 aliphatic heterocycles. The Labute approximate surface area is 158 Å². The molecule has 0 spiro atoms. The standard InChI is InChI=1S/C21H24N2O4/c22-16-6-1-13(2-7-16)3-10-19(24)23-17-8-9-18-14(11-17)4-5-15(21(18)27)12-20(25)26/h3,8-11,13,15,22H,1-2,4-7,12H2,(H,23,24)(H,25,26)/b10-3+,22-16?. The van der Waals surface area contributed by atoms with Gasteiger partial charge in [0.2, 0.25) is 5.91 Å². The van der Waals surface area contributed by atoms with E-state index in [1.54, 1.807) is 24.3 Å². The Hall–Kier alpha value is -2.76. The number of carbonyl (C=O) groups is 3. The summed E-state index contributed by atoms with van der Waals surface area (Å²) in [7, 11) is 0. The molecule has 3 rings (SSSR count). The van der Waals surface area contributed by atoms with Crippen LogP contribution in [-0.2, 0) is 16.0 Å². The molecule has 1 aromatic rings. The minimum atomic E-state index is -0.956. The summed E-state index contributed by atoms with van der Waals surface area (Å²) in [5.41, 5.74) is 2.84. The molecule has 6 heteroatoms. The number of amides is 1. The summed E-state index contributed by atoms with van der Waals surface area (Å²) in [6, 6.07) is 5.17. The molecule has 0 heterocycles. The molecule has 0 aromatic heterocycles. The van der Waals surface area contributed by atoms with E-state index in [2.05, 4.69) is 5.32 Å². The number of ketones is 1. The van der Waals surface area contributed by atoms with Crippen molar-refractivity contribution in [3.8, 4) is 0 Å². The summed E-state index contributed by atoms with van der Waals surface area (Å²) in [6.45, 7) is 0. The fourth-order valence-electron chi connectivity index (χ4n) is 3.79. The highest BCUT2D eigenvalue weighted by molar-refractivity contribution is 6.03. The normalized spacial score (nSPS) is 22.5. The van der Waals surface area contributed by atoms with Gasteiger partial charge in [-0.15, -0.1) is 0 Å². The van der Waals surface area contributed by atoms with Crippen molar-refractivity contribution in [2.24, 2.45) is 11.8 Å². The molecule has 2 aliphatic rings. The fourth-order valence-corrected chi connectivity index (χ4v) is 3.79. The lowest BCUT2D eigenvalue weighted by atomic mass is 9.81. The quantitative estimate of drug-likeness (QED) is 0.690. The lowest BCUT2D eigenvalue weighted by Gasteiger charge is -2.22. The maximum absolute atomic E-state index is 12.4. The molecule has 0 bridgehead atoms. The molecular weight excluding hydrogens is 344 g/mol. The molecule has 6 nitrogen and oxygen atoms in total. The van der Waals surface area contributed by atoms with Gasteiger partial charge in [-0.3, -0.25) is 14.4 Å². The predicted octanol–water partition coefficient (Wildman–Crippen LogP) is 3.61. The largest absolute Gasteiger partial charge is 0.481 e. The molecule has 27 heavy (non-hydrogen) atoms. The van der Waals surface area contributed by atoms with Crippen molar-refractivity contribution < 1.29 is 19.5 Å². The zero-order valence-corrected chi connectivity index (χ0v) is 15.2. The number of nitrogens with one attached hydrogen (secondary N) is 2. The van der Waals surface area contributed by atoms with Crippen LogP contribution in [0.4, 0.5) is 5.69 Å². The molecule has 1 unspecified atom stereocenters. The van der Waals surface area contributed by atoms with Gasteiger partial charge in [0.25, 0.3) is 0 Å². The number of aliphatic carboxylic acids is 1. The highest BCUT2D eigenvalue weighted by atomic mass is 16.4. The van der Waals surface area contributed by atoms with E-state index in [0.717, 1.165) is 37.0 Å². The van der Waals surface area contributed by atoms with Gasteiger partial charge in [-0.2, -0.15) is 0 Å². The van der Waals surface area contributed by atoms with E-state index in [4.69, 9.17) is 10.5 Å². The van der Waals surface area contributed by atoms with Crippen LogP contribution in [0.1, 0.15) is 54.4 Å². The number of anilines is 1. The summed E-state index contributed by atoms with van der Waals surface area (Å²) in [5, 5.41) is 19.4. The molecule has 142 valence electrons. The van der Waals surface area contributed by atoms with Crippen molar-refractivity contribution in [1.29, 1.82) is 5.41 Å². The Bertz CT molecular complexity index is 802. The molecule has 1 saturated carbocycles. The van der Waals surface area contributed by atoms with Crippen molar-refractivity contribution in [1.82, 2.24) is 0 Å². The first-order chi connectivity index (χ1) is 12.9. The number of carboxylic acid groups (broad SMARTS) is 1. The molecule has 1 aromatic carbocycles. The first-order valence-electron chi connectivity index (χ1n) is 9.37. The van der Waals surface area contributed by atoms with Crippen LogP contribution in [0.2, 0.25) is 0 Å². The van der Waals surface area contributed by atoms with Gasteiger partial charge in [-0.1, -0.05) is 6.08 Å². The lowest BCUT2D eigenvalue weighted by Crippen LogP contribution is -2.25.